The first-order chi connectivity index (χ1) is 15.9. The minimum atomic E-state index is -0.645. The number of benzene rings is 2. The number of likely N-dealkylation sites (tertiary alicyclic amines) is 1. The van der Waals surface area contributed by atoms with Gasteiger partial charge in [0, 0.05) is 42.3 Å². The summed E-state index contributed by atoms with van der Waals surface area (Å²) in [6.07, 6.45) is 3.08. The van der Waals surface area contributed by atoms with Gasteiger partial charge in [0.1, 0.15) is 23.5 Å². The number of primary amides is 1. The Hall–Kier alpha value is -3.18. The molecule has 2 atom stereocenters. The Morgan fingerprint density at radius 3 is 2.52 bits per heavy atom. The molecule has 2 unspecified atom stereocenters. The summed E-state index contributed by atoms with van der Waals surface area (Å²) >= 11 is 1.52. The van der Waals surface area contributed by atoms with Gasteiger partial charge in [0.15, 0.2) is 0 Å². The number of para-hydroxylation sites is 1. The summed E-state index contributed by atoms with van der Waals surface area (Å²) in [5.74, 6) is -0.0751. The lowest BCUT2D eigenvalue weighted by atomic mass is 10.0. The third-order valence-electron chi connectivity index (χ3n) is 5.91. The average molecular weight is 468 g/mol. The molecule has 33 heavy (non-hydrogen) atoms. The van der Waals surface area contributed by atoms with Crippen LogP contribution >= 0.6 is 11.8 Å². The van der Waals surface area contributed by atoms with Crippen LogP contribution in [-0.2, 0) is 4.79 Å². The van der Waals surface area contributed by atoms with E-state index >= 15 is 0 Å². The Morgan fingerprint density at radius 1 is 1.21 bits per heavy atom. The van der Waals surface area contributed by atoms with Gasteiger partial charge in [-0.25, -0.2) is 0 Å². The number of amides is 2. The Labute approximate surface area is 198 Å². The molecule has 2 aromatic rings. The van der Waals surface area contributed by atoms with Gasteiger partial charge in [-0.15, -0.1) is 0 Å². The van der Waals surface area contributed by atoms with Crippen molar-refractivity contribution in [3.8, 4) is 28.7 Å². The van der Waals surface area contributed by atoms with Crippen molar-refractivity contribution < 1.29 is 19.1 Å². The third kappa shape index (κ3) is 5.79. The summed E-state index contributed by atoms with van der Waals surface area (Å²) in [6.45, 7) is 2.95. The molecule has 0 aromatic heterocycles. The normalized spacial score (nSPS) is 15.9. The summed E-state index contributed by atoms with van der Waals surface area (Å²) in [6, 6.07) is 14.9. The van der Waals surface area contributed by atoms with Crippen molar-refractivity contribution in [2.75, 3.05) is 26.5 Å². The van der Waals surface area contributed by atoms with E-state index in [-0.39, 0.29) is 17.3 Å². The van der Waals surface area contributed by atoms with Crippen LogP contribution < -0.4 is 15.2 Å². The number of nitrogens with two attached hydrogens (primary N) is 1. The van der Waals surface area contributed by atoms with Crippen LogP contribution in [0, 0.1) is 17.2 Å². The van der Waals surface area contributed by atoms with Crippen molar-refractivity contribution in [1.29, 1.82) is 5.26 Å². The second kappa shape index (κ2) is 11.1. The molecule has 0 aliphatic carbocycles. The number of piperidine rings is 1. The predicted molar refractivity (Wildman–Crippen MR) is 129 cm³/mol. The molecule has 1 fully saturated rings. The molecule has 1 heterocycles. The van der Waals surface area contributed by atoms with Gasteiger partial charge in [-0.05, 0) is 36.1 Å². The lowest BCUT2D eigenvalue weighted by molar-refractivity contribution is -0.135. The number of methoxy groups -OCH3 is 1. The van der Waals surface area contributed by atoms with Gasteiger partial charge in [-0.1, -0.05) is 25.1 Å². The van der Waals surface area contributed by atoms with Crippen LogP contribution in [0.2, 0.25) is 0 Å². The van der Waals surface area contributed by atoms with Crippen LogP contribution in [0.15, 0.2) is 42.5 Å². The number of thioether (sulfide) groups is 1. The van der Waals surface area contributed by atoms with Gasteiger partial charge >= 0.3 is 0 Å². The summed E-state index contributed by atoms with van der Waals surface area (Å²) < 4.78 is 11.7. The minimum absolute atomic E-state index is 0.0542. The number of hydrogen-bond acceptors (Lipinski definition) is 6. The van der Waals surface area contributed by atoms with E-state index in [0.29, 0.717) is 43.0 Å². The van der Waals surface area contributed by atoms with Crippen LogP contribution in [0.25, 0.3) is 11.1 Å². The highest BCUT2D eigenvalue weighted by Crippen LogP contribution is 2.34. The Kier molecular flexibility index (Phi) is 8.23. The molecule has 1 aliphatic rings. The highest BCUT2D eigenvalue weighted by atomic mass is 32.2. The van der Waals surface area contributed by atoms with E-state index in [1.807, 2.05) is 43.5 Å². The molecule has 0 spiro atoms. The molecule has 0 radical (unpaired) electrons. The smallest absolute Gasteiger partial charge is 0.248 e. The van der Waals surface area contributed by atoms with Gasteiger partial charge in [0.05, 0.1) is 13.2 Å². The van der Waals surface area contributed by atoms with E-state index < -0.39 is 11.8 Å². The molecule has 1 aliphatic heterocycles. The SMILES string of the molecule is COc1ccccc1-c1cc(OC2CCN(C(=O)C(C#N)C(C)SC)CC2)cc(C(N)=O)c1. The number of carbonyl (C=O) groups is 2. The molecule has 7 nitrogen and oxygen atoms in total. The minimum Gasteiger partial charge on any atom is -0.496 e. The second-order valence-electron chi connectivity index (χ2n) is 8.00. The maximum absolute atomic E-state index is 12.8. The highest BCUT2D eigenvalue weighted by molar-refractivity contribution is 7.99. The van der Waals surface area contributed by atoms with Gasteiger partial charge < -0.3 is 20.1 Å². The zero-order valence-corrected chi connectivity index (χ0v) is 19.9. The number of rotatable bonds is 8. The van der Waals surface area contributed by atoms with Crippen molar-refractivity contribution in [2.45, 2.75) is 31.1 Å². The zero-order valence-electron chi connectivity index (χ0n) is 19.1. The fourth-order valence-corrected chi connectivity index (χ4v) is 4.38. The average Bonchev–Trinajstić information content (AvgIpc) is 2.84. The molecular weight excluding hydrogens is 438 g/mol. The van der Waals surface area contributed by atoms with E-state index in [0.717, 1.165) is 11.1 Å². The molecule has 8 heteroatoms. The van der Waals surface area contributed by atoms with Gasteiger partial charge in [-0.3, -0.25) is 9.59 Å². The number of ether oxygens (including phenoxy) is 2. The quantitative estimate of drug-likeness (QED) is 0.634. The van der Waals surface area contributed by atoms with E-state index in [9.17, 15) is 14.9 Å². The molecule has 0 bridgehead atoms. The maximum Gasteiger partial charge on any atom is 0.248 e. The molecular formula is C25H29N3O4S. The molecule has 2 amide bonds. The monoisotopic (exact) mass is 467 g/mol. The third-order valence-corrected chi connectivity index (χ3v) is 6.93. The Morgan fingerprint density at radius 2 is 1.91 bits per heavy atom. The Balaban J connectivity index is 1.74. The zero-order chi connectivity index (χ0) is 24.0. The fraction of sp³-hybridized carbons (Fsp3) is 0.400. The fourth-order valence-electron chi connectivity index (χ4n) is 3.93. The second-order valence-corrected chi connectivity index (χ2v) is 9.22. The largest absolute Gasteiger partial charge is 0.496 e. The van der Waals surface area contributed by atoms with Crippen molar-refractivity contribution in [2.24, 2.45) is 11.7 Å². The summed E-state index contributed by atoms with van der Waals surface area (Å²) in [5, 5.41) is 9.37. The van der Waals surface area contributed by atoms with Crippen molar-refractivity contribution in [3.05, 3.63) is 48.0 Å². The molecule has 3 rings (SSSR count). The van der Waals surface area contributed by atoms with Gasteiger partial charge in [0.2, 0.25) is 11.8 Å². The molecule has 174 valence electrons. The first-order valence-corrected chi connectivity index (χ1v) is 12.1. The van der Waals surface area contributed by atoms with Crippen LogP contribution in [0.5, 0.6) is 11.5 Å². The highest BCUT2D eigenvalue weighted by Gasteiger charge is 2.32. The Bertz CT molecular complexity index is 1040. The number of nitriles is 1. The summed E-state index contributed by atoms with van der Waals surface area (Å²) in [7, 11) is 1.60. The van der Waals surface area contributed by atoms with Crippen LogP contribution in [0.1, 0.15) is 30.1 Å². The predicted octanol–water partition coefficient (Wildman–Crippen LogP) is 3.72. The summed E-state index contributed by atoms with van der Waals surface area (Å²) in [4.78, 5) is 26.4. The topological polar surface area (TPSA) is 106 Å². The van der Waals surface area contributed by atoms with Crippen LogP contribution in [0.3, 0.4) is 0 Å². The van der Waals surface area contributed by atoms with E-state index in [2.05, 4.69) is 6.07 Å². The van der Waals surface area contributed by atoms with Crippen LogP contribution in [-0.4, -0.2) is 54.5 Å². The van der Waals surface area contributed by atoms with E-state index in [1.165, 1.54) is 11.8 Å². The number of carbonyl (C=O) groups excluding carboxylic acids is 2. The lowest BCUT2D eigenvalue weighted by Crippen LogP contribution is -2.45. The molecule has 1 saturated heterocycles. The van der Waals surface area contributed by atoms with Gasteiger partial charge in [-0.2, -0.15) is 17.0 Å². The summed E-state index contributed by atoms with van der Waals surface area (Å²) in [5.41, 5.74) is 7.52. The van der Waals surface area contributed by atoms with Gasteiger partial charge in [0.25, 0.3) is 0 Å². The lowest BCUT2D eigenvalue weighted by Gasteiger charge is -2.34. The van der Waals surface area contributed by atoms with E-state index in [4.69, 9.17) is 15.2 Å². The van der Waals surface area contributed by atoms with Crippen molar-refractivity contribution in [1.82, 2.24) is 4.90 Å². The van der Waals surface area contributed by atoms with Crippen molar-refractivity contribution in [3.63, 3.8) is 0 Å². The molecule has 2 N–H and O–H groups in total. The first kappa shape index (κ1) is 24.5. The number of hydrogen-bond donors (Lipinski definition) is 1. The van der Waals surface area contributed by atoms with Crippen molar-refractivity contribution >= 4 is 23.6 Å². The molecule has 0 saturated carbocycles. The number of nitrogens with zero attached hydrogens (tertiary/aromatic N) is 2. The maximum atomic E-state index is 12.8. The molecule has 2 aromatic carbocycles. The first-order valence-electron chi connectivity index (χ1n) is 10.8. The van der Waals surface area contributed by atoms with Crippen LogP contribution in [0.4, 0.5) is 0 Å². The standard InChI is InChI=1S/C25H29N3O4S/c1-16(33-3)22(15-26)25(30)28-10-8-19(9-11-28)32-20-13-17(12-18(14-20)24(27)29)21-6-4-5-7-23(21)31-2/h4-7,12-14,16,19,22H,8-11H2,1-3H3,(H2,27,29). The van der Waals surface area contributed by atoms with E-state index in [1.54, 1.807) is 24.1 Å².